The average molecular weight is 684 g/mol. The number of carbonyl (C=O) groups is 1. The zero-order chi connectivity index (χ0) is 34.4. The van der Waals surface area contributed by atoms with Gasteiger partial charge in [-0.25, -0.2) is 0 Å². The minimum atomic E-state index is -3.46. The molecule has 6 aliphatic rings. The third-order valence-corrected chi connectivity index (χ3v) is 15.8. The van der Waals surface area contributed by atoms with Gasteiger partial charge in [-0.2, -0.15) is 17.4 Å². The lowest BCUT2D eigenvalue weighted by atomic mass is 9.47. The molecule has 0 unspecified atom stereocenters. The van der Waals surface area contributed by atoms with Crippen LogP contribution in [0, 0.1) is 34.5 Å². The van der Waals surface area contributed by atoms with Crippen molar-refractivity contribution in [2.24, 2.45) is 34.5 Å². The number of hydrogen-bond acceptors (Lipinski definition) is 6. The highest BCUT2D eigenvalue weighted by atomic mass is 32.2. The highest BCUT2D eigenvalue weighted by Gasteiger charge is 2.58. The van der Waals surface area contributed by atoms with Crippen molar-refractivity contribution >= 4 is 16.0 Å². The number of hydrogen-bond donors (Lipinski definition) is 3. The highest BCUT2D eigenvalue weighted by molar-refractivity contribution is 7.87. The molecule has 0 spiro atoms. The Morgan fingerprint density at radius 2 is 1.77 bits per heavy atom. The number of likely N-dealkylation sites (tertiary alicyclic amines) is 1. The zero-order valence-corrected chi connectivity index (χ0v) is 30.9. The van der Waals surface area contributed by atoms with Crippen molar-refractivity contribution in [3.63, 3.8) is 0 Å². The van der Waals surface area contributed by atoms with Gasteiger partial charge in [0.2, 0.25) is 0 Å². The first-order valence-corrected chi connectivity index (χ1v) is 20.5. The van der Waals surface area contributed by atoms with Gasteiger partial charge < -0.3 is 10.2 Å². The van der Waals surface area contributed by atoms with Crippen LogP contribution in [0.5, 0.6) is 5.75 Å². The molecule has 0 amide bonds. The van der Waals surface area contributed by atoms with Crippen LogP contribution in [0.4, 0.5) is 0 Å². The van der Waals surface area contributed by atoms with Crippen LogP contribution in [-0.2, 0) is 27.8 Å². The first kappa shape index (κ1) is 36.0. The zero-order valence-electron chi connectivity index (χ0n) is 30.1. The molecule has 48 heavy (non-hydrogen) atoms. The van der Waals surface area contributed by atoms with Crippen LogP contribution in [0.25, 0.3) is 0 Å². The predicted molar refractivity (Wildman–Crippen MR) is 191 cm³/mol. The number of ketones is 1. The molecular formula is C39H61N3O5S. The van der Waals surface area contributed by atoms with Crippen molar-refractivity contribution < 1.29 is 23.4 Å². The number of phenols is 1. The van der Waals surface area contributed by atoms with Crippen molar-refractivity contribution in [2.45, 2.75) is 130 Å². The molecule has 4 fully saturated rings. The van der Waals surface area contributed by atoms with E-state index in [1.807, 2.05) is 26.0 Å². The molecule has 0 aromatic heterocycles. The standard InChI is InChI=1S/C20H33N3O3S.C19H28O2/c1-4-10-22-14-17(21-27(25,26)23(5-2)6-3)11-16-12-18-15(13-19(16)22)8-7-9-20(18)24;1-18-9-7-13(20)11-12(18)3-4-14-15-5-6-17(21)19(15,2)10-8-16(14)18/h7-9,16-17,19,21,24H,4-6,10-14H2,1-3H3;11,14-17,21H,3-10H2,1-2H3/t16-,17+,19-;14-,15-,16-,17-,18-,19-/m10/s1. The van der Waals surface area contributed by atoms with E-state index in [2.05, 4.69) is 36.5 Å². The quantitative estimate of drug-likeness (QED) is 0.325. The van der Waals surface area contributed by atoms with Gasteiger partial charge in [-0.05, 0) is 135 Å². The fourth-order valence-corrected chi connectivity index (χ4v) is 12.8. The molecule has 1 heterocycles. The Morgan fingerprint density at radius 3 is 2.50 bits per heavy atom. The summed E-state index contributed by atoms with van der Waals surface area (Å²) in [7, 11) is -3.46. The molecule has 0 radical (unpaired) electrons. The van der Waals surface area contributed by atoms with Gasteiger partial charge in [0, 0.05) is 38.1 Å². The monoisotopic (exact) mass is 683 g/mol. The summed E-state index contributed by atoms with van der Waals surface area (Å²) in [5.41, 5.74) is 4.17. The second kappa shape index (κ2) is 14.1. The minimum Gasteiger partial charge on any atom is -0.508 e. The topological polar surface area (TPSA) is 110 Å². The third kappa shape index (κ3) is 6.56. The van der Waals surface area contributed by atoms with E-state index in [1.165, 1.54) is 41.1 Å². The predicted octanol–water partition coefficient (Wildman–Crippen LogP) is 6.02. The average Bonchev–Trinajstić information content (AvgIpc) is 3.35. The first-order valence-electron chi connectivity index (χ1n) is 19.1. The van der Waals surface area contributed by atoms with E-state index in [0.29, 0.717) is 42.5 Å². The molecule has 0 bridgehead atoms. The number of aliphatic hydroxyl groups excluding tert-OH is 1. The van der Waals surface area contributed by atoms with Crippen LogP contribution in [0.1, 0.15) is 110 Å². The summed E-state index contributed by atoms with van der Waals surface area (Å²) in [6.45, 7) is 13.3. The molecule has 1 aliphatic heterocycles. The minimum absolute atomic E-state index is 0.0823. The van der Waals surface area contributed by atoms with Crippen molar-refractivity contribution in [3.8, 4) is 5.75 Å². The summed E-state index contributed by atoms with van der Waals surface area (Å²) in [5.74, 6) is 3.31. The number of carbonyl (C=O) groups excluding carboxylic acids is 1. The van der Waals surface area contributed by atoms with E-state index in [-0.39, 0.29) is 23.0 Å². The number of nitrogens with one attached hydrogen (secondary N) is 1. The number of nitrogens with zero attached hydrogens (tertiary/aromatic N) is 2. The molecule has 7 rings (SSSR count). The van der Waals surface area contributed by atoms with Crippen LogP contribution >= 0.6 is 0 Å². The molecule has 3 saturated carbocycles. The molecule has 1 aromatic rings. The summed E-state index contributed by atoms with van der Waals surface area (Å²) in [4.78, 5) is 14.2. The molecule has 1 saturated heterocycles. The van der Waals surface area contributed by atoms with Gasteiger partial charge >= 0.3 is 0 Å². The van der Waals surface area contributed by atoms with E-state index in [1.54, 1.807) is 6.07 Å². The number of allylic oxidation sites excluding steroid dienone is 1. The SMILES string of the molecule is CCCN1C[C@@H](NS(=O)(=O)N(CC)CC)C[C@@H]2Cc3c(O)cccc3C[C@H]21.C[C@]12CC[C@H]3[C@@H](CCC4=CC(=O)CC[C@@]43C)[C@@H]1CC[C@@H]2O. The molecule has 1 aromatic carbocycles. The number of piperidine rings is 1. The van der Waals surface area contributed by atoms with Crippen molar-refractivity contribution in [1.29, 1.82) is 0 Å². The first-order chi connectivity index (χ1) is 22.8. The van der Waals surface area contributed by atoms with Gasteiger partial charge in [0.15, 0.2) is 5.78 Å². The second-order valence-electron chi connectivity index (χ2n) is 16.4. The van der Waals surface area contributed by atoms with E-state index < -0.39 is 10.2 Å². The maximum absolute atomic E-state index is 12.7. The maximum atomic E-state index is 12.7. The normalized spacial score (nSPS) is 37.7. The Hall–Kier alpha value is -1.78. The fourth-order valence-electron chi connectivity index (χ4n) is 11.4. The molecule has 268 valence electrons. The third-order valence-electron chi connectivity index (χ3n) is 14.0. The number of fused-ring (bicyclic) bond motifs is 7. The van der Waals surface area contributed by atoms with Crippen molar-refractivity contribution in [3.05, 3.63) is 41.0 Å². The van der Waals surface area contributed by atoms with Gasteiger partial charge in [-0.3, -0.25) is 9.69 Å². The van der Waals surface area contributed by atoms with E-state index in [0.717, 1.165) is 81.9 Å². The van der Waals surface area contributed by atoms with Gasteiger partial charge in [-0.1, -0.05) is 52.3 Å². The Labute approximate surface area is 289 Å². The van der Waals surface area contributed by atoms with E-state index in [4.69, 9.17) is 0 Å². The number of phenolic OH excluding ortho intramolecular Hbond substituents is 1. The van der Waals surface area contributed by atoms with Gasteiger partial charge in [-0.15, -0.1) is 0 Å². The van der Waals surface area contributed by atoms with Crippen molar-refractivity contribution in [1.82, 2.24) is 13.9 Å². The van der Waals surface area contributed by atoms with Gasteiger partial charge in [0.1, 0.15) is 5.75 Å². The molecular weight excluding hydrogens is 623 g/mol. The summed E-state index contributed by atoms with van der Waals surface area (Å²) in [6.07, 6.45) is 14.3. The van der Waals surface area contributed by atoms with Crippen molar-refractivity contribution in [2.75, 3.05) is 26.2 Å². The number of aliphatic hydroxyl groups is 1. The lowest BCUT2D eigenvalue weighted by Gasteiger charge is -2.57. The van der Waals surface area contributed by atoms with Crippen LogP contribution in [-0.4, -0.2) is 78.0 Å². The Balaban J connectivity index is 0.000000172. The second-order valence-corrected chi connectivity index (χ2v) is 18.1. The lowest BCUT2D eigenvalue weighted by molar-refractivity contribution is -0.118. The van der Waals surface area contributed by atoms with E-state index >= 15 is 0 Å². The summed E-state index contributed by atoms with van der Waals surface area (Å²) in [6, 6.07) is 6.13. The van der Waals surface area contributed by atoms with Gasteiger partial charge in [0.25, 0.3) is 10.2 Å². The number of rotatable bonds is 7. The molecule has 5 aliphatic carbocycles. The largest absolute Gasteiger partial charge is 0.508 e. The molecule has 3 N–H and O–H groups in total. The highest BCUT2D eigenvalue weighted by Crippen LogP contribution is 2.65. The van der Waals surface area contributed by atoms with Crippen LogP contribution in [0.3, 0.4) is 0 Å². The Kier molecular flexibility index (Phi) is 10.6. The van der Waals surface area contributed by atoms with Crippen LogP contribution in [0.2, 0.25) is 0 Å². The molecule has 8 nitrogen and oxygen atoms in total. The lowest BCUT2D eigenvalue weighted by Crippen LogP contribution is -2.59. The van der Waals surface area contributed by atoms with Gasteiger partial charge in [0.05, 0.1) is 6.10 Å². The Bertz CT molecular complexity index is 1480. The molecule has 9 heteroatoms. The number of aromatic hydroxyl groups is 1. The summed E-state index contributed by atoms with van der Waals surface area (Å²) in [5, 5.41) is 20.7. The fraction of sp³-hybridized carbons (Fsp3) is 0.769. The van der Waals surface area contributed by atoms with E-state index in [9.17, 15) is 23.4 Å². The van der Waals surface area contributed by atoms with Crippen LogP contribution in [0.15, 0.2) is 29.8 Å². The Morgan fingerprint density at radius 1 is 1.00 bits per heavy atom. The van der Waals surface area contributed by atoms with Crippen LogP contribution < -0.4 is 4.72 Å². The summed E-state index contributed by atoms with van der Waals surface area (Å²) < 4.78 is 29.8. The number of benzene rings is 1. The maximum Gasteiger partial charge on any atom is 0.279 e. The molecule has 9 atom stereocenters. The smallest absolute Gasteiger partial charge is 0.279 e. The summed E-state index contributed by atoms with van der Waals surface area (Å²) >= 11 is 0.